The van der Waals surface area contributed by atoms with Gasteiger partial charge in [-0.1, -0.05) is 27.7 Å². The lowest BCUT2D eigenvalue weighted by Crippen LogP contribution is -2.51. The maximum absolute atomic E-state index is 12.2. The van der Waals surface area contributed by atoms with Crippen molar-refractivity contribution >= 4 is 11.7 Å². The van der Waals surface area contributed by atoms with E-state index in [1.807, 2.05) is 27.7 Å². The fraction of sp³-hybridized carbons (Fsp3) is 0.889. The van der Waals surface area contributed by atoms with Gasteiger partial charge in [0.25, 0.3) is 0 Å². The lowest BCUT2D eigenvalue weighted by atomic mass is 10.0. The summed E-state index contributed by atoms with van der Waals surface area (Å²) in [5.74, 6) is 0.115. The molecule has 0 aromatic heterocycles. The summed E-state index contributed by atoms with van der Waals surface area (Å²) in [5, 5.41) is 5.90. The Hall–Kier alpha value is -0.980. The highest BCUT2D eigenvalue weighted by Crippen LogP contribution is 2.06. The Balaban J connectivity index is -0.00000127. The van der Waals surface area contributed by atoms with Crippen LogP contribution < -0.4 is 10.6 Å². The van der Waals surface area contributed by atoms with Crippen molar-refractivity contribution in [2.75, 3.05) is 39.9 Å². The predicted octanol–water partition coefficient (Wildman–Crippen LogP) is 1.93. The van der Waals surface area contributed by atoms with Gasteiger partial charge in [0.15, 0.2) is 5.78 Å². The Kier molecular flexibility index (Phi) is 12.8. The molecule has 1 rings (SSSR count). The van der Waals surface area contributed by atoms with Crippen LogP contribution in [0.1, 0.15) is 50.3 Å². The third-order valence-electron chi connectivity index (χ3n) is 4.14. The number of morpholine rings is 1. The van der Waals surface area contributed by atoms with E-state index >= 15 is 0 Å². The van der Waals surface area contributed by atoms with Crippen LogP contribution in [0.4, 0.5) is 0 Å². The van der Waals surface area contributed by atoms with Gasteiger partial charge in [0.05, 0.1) is 25.3 Å². The predicted molar refractivity (Wildman–Crippen MR) is 102 cm³/mol. The number of hydrogen-bond acceptors (Lipinski definition) is 5. The van der Waals surface area contributed by atoms with Crippen LogP contribution >= 0.6 is 0 Å². The molecule has 0 radical (unpaired) electrons. The van der Waals surface area contributed by atoms with Crippen molar-refractivity contribution in [2.24, 2.45) is 5.92 Å². The largest absolute Gasteiger partial charge is 0.379 e. The minimum Gasteiger partial charge on any atom is -0.379 e. The van der Waals surface area contributed by atoms with E-state index in [2.05, 4.69) is 15.5 Å². The van der Waals surface area contributed by atoms with E-state index in [-0.39, 0.29) is 32.5 Å². The average Bonchev–Trinajstić information content (AvgIpc) is 2.57. The third kappa shape index (κ3) is 8.76. The maximum atomic E-state index is 12.2. The van der Waals surface area contributed by atoms with Gasteiger partial charge in [-0.05, 0) is 39.3 Å². The topological polar surface area (TPSA) is 70.7 Å². The smallest absolute Gasteiger partial charge is 0.237 e. The summed E-state index contributed by atoms with van der Waals surface area (Å²) in [4.78, 5) is 26.4. The van der Waals surface area contributed by atoms with Crippen LogP contribution in [0.2, 0.25) is 0 Å². The molecule has 2 atom stereocenters. The van der Waals surface area contributed by atoms with Crippen molar-refractivity contribution in [1.82, 2.24) is 15.5 Å². The number of nitrogens with zero attached hydrogens (tertiary/aromatic N) is 1. The van der Waals surface area contributed by atoms with E-state index in [1.54, 1.807) is 14.0 Å². The molecule has 6 nitrogen and oxygen atoms in total. The Bertz CT molecular complexity index is 366. The van der Waals surface area contributed by atoms with Crippen LogP contribution in [-0.2, 0) is 14.3 Å². The lowest BCUT2D eigenvalue weighted by molar-refractivity contribution is -0.129. The van der Waals surface area contributed by atoms with Gasteiger partial charge in [-0.3, -0.25) is 14.5 Å². The Morgan fingerprint density at radius 3 is 2.25 bits per heavy atom. The van der Waals surface area contributed by atoms with Gasteiger partial charge in [-0.2, -0.15) is 0 Å². The summed E-state index contributed by atoms with van der Waals surface area (Å²) in [6.07, 6.45) is 1.59. The number of ketones is 1. The van der Waals surface area contributed by atoms with Crippen LogP contribution in [0.5, 0.6) is 0 Å². The van der Waals surface area contributed by atoms with Crippen LogP contribution in [0.3, 0.4) is 0 Å². The monoisotopic (exact) mass is 347 g/mol. The molecule has 6 heteroatoms. The molecule has 1 aliphatic heterocycles. The molecule has 0 aromatic carbocycles. The molecular weight excluding hydrogens is 306 g/mol. The third-order valence-corrected chi connectivity index (χ3v) is 4.14. The van der Waals surface area contributed by atoms with E-state index in [0.29, 0.717) is 6.42 Å². The molecule has 0 saturated carbocycles. The van der Waals surface area contributed by atoms with Gasteiger partial charge >= 0.3 is 0 Å². The van der Waals surface area contributed by atoms with Gasteiger partial charge in [0, 0.05) is 15.9 Å². The van der Waals surface area contributed by atoms with Crippen molar-refractivity contribution in [1.29, 1.82) is 0 Å². The van der Waals surface area contributed by atoms with Gasteiger partial charge in [-0.25, -0.2) is 0 Å². The van der Waals surface area contributed by atoms with Crippen LogP contribution in [0, 0.1) is 5.92 Å². The van der Waals surface area contributed by atoms with Crippen molar-refractivity contribution in [3.63, 3.8) is 0 Å². The molecule has 0 bridgehead atoms. The zero-order chi connectivity index (χ0) is 18.5. The van der Waals surface area contributed by atoms with Gasteiger partial charge in [-0.15, -0.1) is 0 Å². The van der Waals surface area contributed by atoms with Crippen molar-refractivity contribution in [3.8, 4) is 0 Å². The zero-order valence-corrected chi connectivity index (χ0v) is 16.4. The number of ether oxygens (including phenoxy) is 1. The highest BCUT2D eigenvalue weighted by atomic mass is 16.5. The van der Waals surface area contributed by atoms with E-state index in [9.17, 15) is 9.59 Å². The molecule has 1 fully saturated rings. The van der Waals surface area contributed by atoms with Crippen molar-refractivity contribution in [2.45, 2.75) is 59.5 Å². The minimum atomic E-state index is -0.386. The number of hydrogen-bond donors (Lipinski definition) is 2. The highest BCUT2D eigenvalue weighted by Gasteiger charge is 2.24. The van der Waals surface area contributed by atoms with E-state index in [0.717, 1.165) is 39.3 Å². The fourth-order valence-electron chi connectivity index (χ4n) is 2.75. The number of carbonyl (C=O) groups is 2. The molecule has 1 heterocycles. The first-order chi connectivity index (χ1) is 11.5. The second-order valence-electron chi connectivity index (χ2n) is 6.28. The number of rotatable bonds is 9. The normalized spacial score (nSPS) is 17.6. The van der Waals surface area contributed by atoms with E-state index in [1.165, 1.54) is 0 Å². The Morgan fingerprint density at radius 1 is 1.21 bits per heavy atom. The molecule has 1 amide bonds. The second-order valence-corrected chi connectivity index (χ2v) is 6.28. The summed E-state index contributed by atoms with van der Waals surface area (Å²) in [7, 11) is 1.77. The van der Waals surface area contributed by atoms with E-state index < -0.39 is 0 Å². The number of nitrogens with one attached hydrogen (secondary N) is 2. The van der Waals surface area contributed by atoms with E-state index in [4.69, 9.17) is 4.74 Å². The number of carbonyl (C=O) groups excluding carboxylic acids is 2. The standard InChI is InChI=1S/C16H31N3O3.C2H6.2H2/c1-12(2)15(17-4)16(21)18-14(13(3)20)6-5-7-19-8-10-22-11-9-19;1-2;;/h12,14-15,17H,5-11H2,1-4H3,(H,18,21);1-2H3;2*1H/t14-,15-;;;/m0.../s1. The zero-order valence-electron chi connectivity index (χ0n) is 16.4. The van der Waals surface area contributed by atoms with Crippen molar-refractivity contribution in [3.05, 3.63) is 0 Å². The lowest BCUT2D eigenvalue weighted by Gasteiger charge is -2.27. The summed E-state index contributed by atoms with van der Waals surface area (Å²) in [6, 6.07) is -0.649. The molecule has 146 valence electrons. The molecule has 1 saturated heterocycles. The van der Waals surface area contributed by atoms with Crippen molar-refractivity contribution < 1.29 is 17.2 Å². The van der Waals surface area contributed by atoms with Gasteiger partial charge < -0.3 is 15.4 Å². The summed E-state index contributed by atoms with van der Waals surface area (Å²) in [6.45, 7) is 13.9. The summed E-state index contributed by atoms with van der Waals surface area (Å²) < 4.78 is 5.32. The quantitative estimate of drug-likeness (QED) is 0.667. The molecule has 2 N–H and O–H groups in total. The first-order valence-corrected chi connectivity index (χ1v) is 9.24. The molecule has 1 aliphatic rings. The van der Waals surface area contributed by atoms with Gasteiger partial charge in [0.2, 0.25) is 5.91 Å². The van der Waals surface area contributed by atoms with Crippen LogP contribution in [-0.4, -0.2) is 68.6 Å². The second kappa shape index (κ2) is 13.3. The number of Topliss-reactive ketones (excluding diaryl/α,β-unsaturated/α-hetero) is 1. The Morgan fingerprint density at radius 2 is 1.79 bits per heavy atom. The SMILES string of the molecule is CC.CN[C@H](C(=O)N[C@@H](CCCN1CCOCC1)C(C)=O)C(C)C.[HH].[HH]. The molecule has 24 heavy (non-hydrogen) atoms. The van der Waals surface area contributed by atoms with Crippen LogP contribution in [0.15, 0.2) is 0 Å². The summed E-state index contributed by atoms with van der Waals surface area (Å²) in [5.41, 5.74) is 0. The van der Waals surface area contributed by atoms with Gasteiger partial charge in [0.1, 0.15) is 0 Å². The fourth-order valence-corrected chi connectivity index (χ4v) is 2.75. The maximum Gasteiger partial charge on any atom is 0.237 e. The summed E-state index contributed by atoms with van der Waals surface area (Å²) >= 11 is 0. The molecule has 0 aliphatic carbocycles. The first kappa shape index (κ1) is 23.0. The Labute approximate surface area is 150 Å². The molecule has 0 aromatic rings. The average molecular weight is 348 g/mol. The number of likely N-dealkylation sites (N-methyl/N-ethyl adjacent to an activating group) is 1. The molecule has 0 unspecified atom stereocenters. The highest BCUT2D eigenvalue weighted by molar-refractivity contribution is 5.89. The molecular formula is C18H41N3O3. The number of amides is 1. The molecule has 0 spiro atoms. The first-order valence-electron chi connectivity index (χ1n) is 9.24. The van der Waals surface area contributed by atoms with Crippen LogP contribution in [0.25, 0.3) is 0 Å². The minimum absolute atomic E-state index is 0.